The summed E-state index contributed by atoms with van der Waals surface area (Å²) in [5.74, 6) is 0.485. The Morgan fingerprint density at radius 2 is 1.92 bits per heavy atom. The molecule has 0 radical (unpaired) electrons. The lowest BCUT2D eigenvalue weighted by atomic mass is 10.0. The van der Waals surface area contributed by atoms with Gasteiger partial charge in [0.2, 0.25) is 0 Å². The topological polar surface area (TPSA) is 23.5 Å². The summed E-state index contributed by atoms with van der Waals surface area (Å²) in [5.41, 5.74) is 1.27. The van der Waals surface area contributed by atoms with Gasteiger partial charge in [-0.3, -0.25) is 0 Å². The first-order chi connectivity index (χ1) is 6.29. The minimum absolute atomic E-state index is 0.320. The molecule has 1 aliphatic rings. The number of aliphatic hydroxyl groups is 1. The largest absolute Gasteiger partial charge is 0.396 e. The van der Waals surface area contributed by atoms with Gasteiger partial charge >= 0.3 is 0 Å². The van der Waals surface area contributed by atoms with Crippen molar-refractivity contribution in [1.29, 1.82) is 0 Å². The second-order valence-electron chi connectivity index (χ2n) is 3.43. The maximum absolute atomic E-state index is 8.87. The molecular formula is C10H12INO. The predicted octanol–water partition coefficient (Wildman–Crippen LogP) is 1.72. The lowest BCUT2D eigenvalue weighted by Gasteiger charge is -2.40. The molecule has 3 heteroatoms. The Balaban J connectivity index is 1.99. The van der Waals surface area contributed by atoms with Gasteiger partial charge in [-0.1, -0.05) is 0 Å². The van der Waals surface area contributed by atoms with Crippen LogP contribution in [0.25, 0.3) is 0 Å². The molecule has 2 rings (SSSR count). The second-order valence-corrected chi connectivity index (χ2v) is 4.68. The summed E-state index contributed by atoms with van der Waals surface area (Å²) in [6.45, 7) is 2.31. The fraction of sp³-hybridized carbons (Fsp3) is 0.400. The minimum atomic E-state index is 0.320. The maximum atomic E-state index is 8.87. The average molecular weight is 289 g/mol. The van der Waals surface area contributed by atoms with Gasteiger partial charge in [-0.2, -0.15) is 0 Å². The summed E-state index contributed by atoms with van der Waals surface area (Å²) in [5, 5.41) is 8.87. The van der Waals surface area contributed by atoms with E-state index in [0.717, 1.165) is 13.1 Å². The van der Waals surface area contributed by atoms with Gasteiger partial charge < -0.3 is 10.0 Å². The van der Waals surface area contributed by atoms with Gasteiger partial charge in [0.05, 0.1) is 0 Å². The molecule has 70 valence electrons. The van der Waals surface area contributed by atoms with Crippen molar-refractivity contribution in [3.05, 3.63) is 27.8 Å². The van der Waals surface area contributed by atoms with Gasteiger partial charge in [-0.05, 0) is 46.9 Å². The van der Waals surface area contributed by atoms with Crippen molar-refractivity contribution in [1.82, 2.24) is 0 Å². The van der Waals surface area contributed by atoms with Crippen LogP contribution in [-0.2, 0) is 0 Å². The fourth-order valence-electron chi connectivity index (χ4n) is 1.55. The summed E-state index contributed by atoms with van der Waals surface area (Å²) < 4.78 is 1.26. The third kappa shape index (κ3) is 1.96. The Bertz CT molecular complexity index is 279. The number of hydrogen-bond acceptors (Lipinski definition) is 2. The molecule has 1 aliphatic heterocycles. The van der Waals surface area contributed by atoms with Gasteiger partial charge in [-0.15, -0.1) is 0 Å². The number of halogens is 1. The second kappa shape index (κ2) is 3.84. The lowest BCUT2D eigenvalue weighted by molar-refractivity contribution is 0.201. The normalized spacial score (nSPS) is 17.2. The lowest BCUT2D eigenvalue weighted by Crippen LogP contribution is -2.48. The molecule has 0 unspecified atom stereocenters. The van der Waals surface area contributed by atoms with Crippen LogP contribution in [0.4, 0.5) is 5.69 Å². The fourth-order valence-corrected chi connectivity index (χ4v) is 1.91. The first-order valence-corrected chi connectivity index (χ1v) is 5.49. The monoisotopic (exact) mass is 289 g/mol. The first kappa shape index (κ1) is 9.27. The molecule has 1 aromatic carbocycles. The van der Waals surface area contributed by atoms with E-state index in [-0.39, 0.29) is 0 Å². The highest BCUT2D eigenvalue weighted by Crippen LogP contribution is 2.24. The molecule has 1 heterocycles. The quantitative estimate of drug-likeness (QED) is 0.838. The minimum Gasteiger partial charge on any atom is -0.396 e. The highest BCUT2D eigenvalue weighted by atomic mass is 127. The molecule has 0 bridgehead atoms. The molecule has 1 N–H and O–H groups in total. The van der Waals surface area contributed by atoms with E-state index >= 15 is 0 Å². The summed E-state index contributed by atoms with van der Waals surface area (Å²) in [7, 11) is 0. The summed E-state index contributed by atoms with van der Waals surface area (Å²) in [6, 6.07) is 8.50. The van der Waals surface area contributed by atoms with Crippen molar-refractivity contribution in [2.24, 2.45) is 5.92 Å². The Hall–Kier alpha value is -0.290. The summed E-state index contributed by atoms with van der Waals surface area (Å²) in [6.07, 6.45) is 0. The van der Waals surface area contributed by atoms with Gasteiger partial charge in [0.1, 0.15) is 0 Å². The number of nitrogens with zero attached hydrogens (tertiary/aromatic N) is 1. The van der Waals surface area contributed by atoms with Crippen LogP contribution in [0.5, 0.6) is 0 Å². The summed E-state index contributed by atoms with van der Waals surface area (Å²) in [4.78, 5) is 2.29. The molecule has 1 aromatic rings. The van der Waals surface area contributed by atoms with Crippen LogP contribution in [0.1, 0.15) is 0 Å². The zero-order valence-electron chi connectivity index (χ0n) is 7.28. The number of benzene rings is 1. The van der Waals surface area contributed by atoms with Crippen LogP contribution in [0.3, 0.4) is 0 Å². The zero-order valence-corrected chi connectivity index (χ0v) is 9.44. The Morgan fingerprint density at radius 3 is 2.46 bits per heavy atom. The molecule has 0 spiro atoms. The average Bonchev–Trinajstić information content (AvgIpc) is 2.06. The van der Waals surface area contributed by atoms with Crippen LogP contribution in [0, 0.1) is 9.49 Å². The predicted molar refractivity (Wildman–Crippen MR) is 61.9 cm³/mol. The Kier molecular flexibility index (Phi) is 2.74. The van der Waals surface area contributed by atoms with E-state index < -0.39 is 0 Å². The SMILES string of the molecule is OCC1CN(c2ccc(I)cc2)C1. The van der Waals surface area contributed by atoms with Crippen LogP contribution < -0.4 is 4.90 Å². The standard InChI is InChI=1S/C10H12INO/c11-9-1-3-10(4-2-9)12-5-8(6-12)7-13/h1-4,8,13H,5-7H2. The molecule has 0 amide bonds. The van der Waals surface area contributed by atoms with E-state index in [1.54, 1.807) is 0 Å². The molecule has 1 fully saturated rings. The highest BCUT2D eigenvalue weighted by molar-refractivity contribution is 14.1. The van der Waals surface area contributed by atoms with E-state index in [9.17, 15) is 0 Å². The van der Waals surface area contributed by atoms with Crippen LogP contribution in [0.15, 0.2) is 24.3 Å². The molecule has 2 nitrogen and oxygen atoms in total. The van der Waals surface area contributed by atoms with E-state index in [4.69, 9.17) is 5.11 Å². The molecule has 1 saturated heterocycles. The molecular weight excluding hydrogens is 277 g/mol. The van der Waals surface area contributed by atoms with E-state index in [1.165, 1.54) is 9.26 Å². The Morgan fingerprint density at radius 1 is 1.31 bits per heavy atom. The van der Waals surface area contributed by atoms with Crippen LogP contribution in [0.2, 0.25) is 0 Å². The maximum Gasteiger partial charge on any atom is 0.0493 e. The van der Waals surface area contributed by atoms with Crippen molar-refractivity contribution >= 4 is 28.3 Å². The van der Waals surface area contributed by atoms with Crippen molar-refractivity contribution < 1.29 is 5.11 Å². The van der Waals surface area contributed by atoms with E-state index in [0.29, 0.717) is 12.5 Å². The number of hydrogen-bond donors (Lipinski definition) is 1. The molecule has 0 aliphatic carbocycles. The summed E-state index contributed by atoms with van der Waals surface area (Å²) >= 11 is 2.30. The third-order valence-electron chi connectivity index (χ3n) is 2.41. The highest BCUT2D eigenvalue weighted by Gasteiger charge is 2.25. The van der Waals surface area contributed by atoms with Crippen molar-refractivity contribution in [2.45, 2.75) is 0 Å². The third-order valence-corrected chi connectivity index (χ3v) is 3.13. The zero-order chi connectivity index (χ0) is 9.26. The van der Waals surface area contributed by atoms with Crippen LogP contribution >= 0.6 is 22.6 Å². The molecule has 0 saturated carbocycles. The van der Waals surface area contributed by atoms with Gasteiger partial charge in [0, 0.05) is 34.9 Å². The smallest absolute Gasteiger partial charge is 0.0493 e. The van der Waals surface area contributed by atoms with E-state index in [1.807, 2.05) is 0 Å². The molecule has 0 atom stereocenters. The van der Waals surface area contributed by atoms with Gasteiger partial charge in [0.25, 0.3) is 0 Å². The van der Waals surface area contributed by atoms with Gasteiger partial charge in [-0.25, -0.2) is 0 Å². The van der Waals surface area contributed by atoms with Crippen molar-refractivity contribution in [3.63, 3.8) is 0 Å². The van der Waals surface area contributed by atoms with Crippen molar-refractivity contribution in [3.8, 4) is 0 Å². The van der Waals surface area contributed by atoms with Gasteiger partial charge in [0.15, 0.2) is 0 Å². The number of rotatable bonds is 2. The molecule has 13 heavy (non-hydrogen) atoms. The number of aliphatic hydroxyl groups excluding tert-OH is 1. The first-order valence-electron chi connectivity index (χ1n) is 4.41. The molecule has 0 aromatic heterocycles. The number of anilines is 1. The van der Waals surface area contributed by atoms with Crippen LogP contribution in [-0.4, -0.2) is 24.8 Å². The Labute approximate surface area is 91.7 Å². The van der Waals surface area contributed by atoms with E-state index in [2.05, 4.69) is 51.8 Å². The van der Waals surface area contributed by atoms with Crippen molar-refractivity contribution in [2.75, 3.05) is 24.6 Å².